The zero-order chi connectivity index (χ0) is 13.1. The lowest BCUT2D eigenvalue weighted by Crippen LogP contribution is -1.95. The molecular formula is C13H7Cl3N2. The van der Waals surface area contributed by atoms with Crippen LogP contribution in [-0.4, -0.2) is 0 Å². The van der Waals surface area contributed by atoms with Crippen molar-refractivity contribution in [1.29, 1.82) is 5.26 Å². The van der Waals surface area contributed by atoms with E-state index in [1.54, 1.807) is 36.4 Å². The van der Waals surface area contributed by atoms with Crippen LogP contribution in [0.2, 0.25) is 15.1 Å². The molecule has 2 aromatic carbocycles. The summed E-state index contributed by atoms with van der Waals surface area (Å²) in [5.74, 6) is 0. The third kappa shape index (κ3) is 2.54. The predicted molar refractivity (Wildman–Crippen MR) is 75.9 cm³/mol. The van der Waals surface area contributed by atoms with Crippen LogP contribution in [0.5, 0.6) is 0 Å². The lowest BCUT2D eigenvalue weighted by molar-refractivity contribution is 1.46. The van der Waals surface area contributed by atoms with Gasteiger partial charge in [0, 0.05) is 0 Å². The third-order valence-electron chi connectivity index (χ3n) is 2.35. The molecule has 0 saturated heterocycles. The van der Waals surface area contributed by atoms with Crippen LogP contribution in [0.25, 0.3) is 0 Å². The lowest BCUT2D eigenvalue weighted by Gasteiger charge is -2.12. The highest BCUT2D eigenvalue weighted by molar-refractivity contribution is 6.39. The Labute approximate surface area is 120 Å². The van der Waals surface area contributed by atoms with Gasteiger partial charge >= 0.3 is 0 Å². The Morgan fingerprint density at radius 2 is 1.44 bits per heavy atom. The number of benzene rings is 2. The van der Waals surface area contributed by atoms with E-state index in [0.29, 0.717) is 32.0 Å². The molecule has 18 heavy (non-hydrogen) atoms. The molecule has 0 aliphatic heterocycles. The van der Waals surface area contributed by atoms with Crippen LogP contribution in [0.4, 0.5) is 11.4 Å². The number of para-hydroxylation sites is 1. The van der Waals surface area contributed by atoms with Crippen molar-refractivity contribution < 1.29 is 0 Å². The van der Waals surface area contributed by atoms with Crippen molar-refractivity contribution in [3.8, 4) is 6.07 Å². The van der Waals surface area contributed by atoms with Crippen LogP contribution in [-0.2, 0) is 0 Å². The Morgan fingerprint density at radius 3 is 2.06 bits per heavy atom. The van der Waals surface area contributed by atoms with Gasteiger partial charge in [-0.25, -0.2) is 0 Å². The van der Waals surface area contributed by atoms with Crippen LogP contribution < -0.4 is 5.32 Å². The van der Waals surface area contributed by atoms with Gasteiger partial charge in [0.05, 0.1) is 32.0 Å². The topological polar surface area (TPSA) is 35.8 Å². The maximum Gasteiger partial charge on any atom is 0.103 e. The number of hydrogen-bond acceptors (Lipinski definition) is 2. The van der Waals surface area contributed by atoms with E-state index >= 15 is 0 Å². The van der Waals surface area contributed by atoms with Crippen molar-refractivity contribution in [2.45, 2.75) is 0 Å². The van der Waals surface area contributed by atoms with Gasteiger partial charge in [0.2, 0.25) is 0 Å². The van der Waals surface area contributed by atoms with Crippen molar-refractivity contribution in [3.63, 3.8) is 0 Å². The van der Waals surface area contributed by atoms with E-state index in [9.17, 15) is 0 Å². The van der Waals surface area contributed by atoms with Crippen LogP contribution in [0.15, 0.2) is 36.4 Å². The number of hydrogen-bond donors (Lipinski definition) is 1. The second-order valence-electron chi connectivity index (χ2n) is 3.50. The Kier molecular flexibility index (Phi) is 3.98. The molecule has 0 saturated carbocycles. The quantitative estimate of drug-likeness (QED) is 0.820. The van der Waals surface area contributed by atoms with Crippen molar-refractivity contribution in [3.05, 3.63) is 57.0 Å². The molecule has 0 fully saturated rings. The Balaban J connectivity index is 2.48. The first-order valence-corrected chi connectivity index (χ1v) is 6.16. The van der Waals surface area contributed by atoms with Gasteiger partial charge in [-0.1, -0.05) is 46.9 Å². The number of halogens is 3. The fourth-order valence-corrected chi connectivity index (χ4v) is 2.20. The predicted octanol–water partition coefficient (Wildman–Crippen LogP) is 5.26. The van der Waals surface area contributed by atoms with Crippen molar-refractivity contribution in [2.24, 2.45) is 0 Å². The van der Waals surface area contributed by atoms with E-state index in [-0.39, 0.29) is 0 Å². The molecule has 2 rings (SSSR count). The molecule has 0 amide bonds. The number of anilines is 2. The molecule has 0 spiro atoms. The zero-order valence-electron chi connectivity index (χ0n) is 9.05. The molecular weight excluding hydrogens is 291 g/mol. The largest absolute Gasteiger partial charge is 0.352 e. The Hall–Kier alpha value is -1.40. The first-order chi connectivity index (χ1) is 8.63. The summed E-state index contributed by atoms with van der Waals surface area (Å²) in [5, 5.41) is 13.4. The summed E-state index contributed by atoms with van der Waals surface area (Å²) in [4.78, 5) is 0. The number of nitrogens with zero attached hydrogens (tertiary/aromatic N) is 1. The van der Waals surface area contributed by atoms with Gasteiger partial charge in [0.1, 0.15) is 6.07 Å². The number of nitriles is 1. The molecule has 5 heteroatoms. The minimum Gasteiger partial charge on any atom is -0.352 e. The van der Waals surface area contributed by atoms with Crippen LogP contribution in [0, 0.1) is 11.3 Å². The SMILES string of the molecule is N#Cc1c(Cl)cccc1Nc1c(Cl)cccc1Cl. The molecule has 0 aromatic heterocycles. The van der Waals surface area contributed by atoms with Gasteiger partial charge in [-0.05, 0) is 24.3 Å². The van der Waals surface area contributed by atoms with Gasteiger partial charge in [-0.3, -0.25) is 0 Å². The Morgan fingerprint density at radius 1 is 0.889 bits per heavy atom. The first-order valence-electron chi connectivity index (χ1n) is 5.03. The summed E-state index contributed by atoms with van der Waals surface area (Å²) in [6.07, 6.45) is 0. The molecule has 2 aromatic rings. The lowest BCUT2D eigenvalue weighted by atomic mass is 10.2. The van der Waals surface area contributed by atoms with E-state index in [2.05, 4.69) is 5.32 Å². The van der Waals surface area contributed by atoms with Crippen LogP contribution >= 0.6 is 34.8 Å². The summed E-state index contributed by atoms with van der Waals surface area (Å²) >= 11 is 18.1. The smallest absolute Gasteiger partial charge is 0.103 e. The van der Waals surface area contributed by atoms with Crippen LogP contribution in [0.1, 0.15) is 5.56 Å². The maximum atomic E-state index is 9.08. The summed E-state index contributed by atoms with van der Waals surface area (Å²) in [6.45, 7) is 0. The molecule has 0 radical (unpaired) electrons. The second kappa shape index (κ2) is 5.49. The van der Waals surface area contributed by atoms with E-state index < -0.39 is 0 Å². The third-order valence-corrected chi connectivity index (χ3v) is 3.29. The molecule has 0 aliphatic rings. The monoisotopic (exact) mass is 296 g/mol. The minimum atomic E-state index is 0.357. The van der Waals surface area contributed by atoms with Crippen molar-refractivity contribution in [1.82, 2.24) is 0 Å². The zero-order valence-corrected chi connectivity index (χ0v) is 11.3. The highest BCUT2D eigenvalue weighted by Crippen LogP contribution is 2.34. The molecule has 0 heterocycles. The average molecular weight is 298 g/mol. The second-order valence-corrected chi connectivity index (χ2v) is 4.72. The molecule has 90 valence electrons. The summed E-state index contributed by atoms with van der Waals surface area (Å²) in [5.41, 5.74) is 1.48. The van der Waals surface area contributed by atoms with Gasteiger partial charge in [-0.2, -0.15) is 5.26 Å². The summed E-state index contributed by atoms with van der Waals surface area (Å²) in [7, 11) is 0. The average Bonchev–Trinajstić information content (AvgIpc) is 2.34. The normalized spacial score (nSPS) is 9.89. The van der Waals surface area contributed by atoms with Gasteiger partial charge < -0.3 is 5.32 Å². The van der Waals surface area contributed by atoms with Gasteiger partial charge in [0.25, 0.3) is 0 Å². The summed E-state index contributed by atoms with van der Waals surface area (Å²) < 4.78 is 0. The van der Waals surface area contributed by atoms with Gasteiger partial charge in [0.15, 0.2) is 0 Å². The number of rotatable bonds is 2. The van der Waals surface area contributed by atoms with Crippen LogP contribution in [0.3, 0.4) is 0 Å². The van der Waals surface area contributed by atoms with E-state index in [1.807, 2.05) is 6.07 Å². The standard InChI is InChI=1S/C13H7Cl3N2/c14-9-3-2-6-12(8(9)7-17)18-13-10(15)4-1-5-11(13)16/h1-6,18H. The molecule has 1 N–H and O–H groups in total. The summed E-state index contributed by atoms with van der Waals surface area (Å²) in [6, 6.07) is 12.4. The van der Waals surface area contributed by atoms with Crippen molar-refractivity contribution in [2.75, 3.05) is 5.32 Å². The van der Waals surface area contributed by atoms with E-state index in [1.165, 1.54) is 0 Å². The highest BCUT2D eigenvalue weighted by Gasteiger charge is 2.10. The van der Waals surface area contributed by atoms with E-state index in [0.717, 1.165) is 0 Å². The molecule has 0 atom stereocenters. The van der Waals surface area contributed by atoms with Gasteiger partial charge in [-0.15, -0.1) is 0 Å². The maximum absolute atomic E-state index is 9.08. The Bertz CT molecular complexity index is 612. The minimum absolute atomic E-state index is 0.357. The molecule has 0 aliphatic carbocycles. The highest BCUT2D eigenvalue weighted by atomic mass is 35.5. The van der Waals surface area contributed by atoms with E-state index in [4.69, 9.17) is 40.1 Å². The fourth-order valence-electron chi connectivity index (χ4n) is 1.49. The molecule has 0 unspecified atom stereocenters. The fraction of sp³-hybridized carbons (Fsp3) is 0. The number of nitrogens with one attached hydrogen (secondary N) is 1. The molecule has 0 bridgehead atoms. The first kappa shape index (κ1) is 13.0. The van der Waals surface area contributed by atoms with Crippen molar-refractivity contribution >= 4 is 46.2 Å². The molecule has 2 nitrogen and oxygen atoms in total.